The van der Waals surface area contributed by atoms with Gasteiger partial charge in [-0.15, -0.1) is 0 Å². The molecule has 3 aromatic carbocycles. The van der Waals surface area contributed by atoms with Crippen LogP contribution in [0.15, 0.2) is 85.2 Å². The van der Waals surface area contributed by atoms with Crippen LogP contribution in [-0.2, 0) is 0 Å². The molecule has 0 amide bonds. The number of aromatic hydroxyl groups is 1. The van der Waals surface area contributed by atoms with Crippen LogP contribution in [0.25, 0.3) is 27.9 Å². The molecular formula is C24H16N2O3. The number of nitriles is 1. The average Bonchev–Trinajstić information content (AvgIpc) is 3.19. The third-order valence-corrected chi connectivity index (χ3v) is 4.76. The van der Waals surface area contributed by atoms with Gasteiger partial charge in [0.15, 0.2) is 0 Å². The second-order valence-corrected chi connectivity index (χ2v) is 6.55. The van der Waals surface area contributed by atoms with Crippen molar-refractivity contribution in [1.82, 2.24) is 4.57 Å². The van der Waals surface area contributed by atoms with Crippen molar-refractivity contribution in [3.05, 3.63) is 96.3 Å². The molecule has 2 N–H and O–H groups in total. The molecule has 0 fully saturated rings. The number of aromatic carboxylic acids is 1. The van der Waals surface area contributed by atoms with Gasteiger partial charge in [-0.2, -0.15) is 5.26 Å². The van der Waals surface area contributed by atoms with Crippen LogP contribution in [-0.4, -0.2) is 20.7 Å². The van der Waals surface area contributed by atoms with Crippen LogP contribution in [0.4, 0.5) is 0 Å². The third kappa shape index (κ3) is 3.47. The van der Waals surface area contributed by atoms with Gasteiger partial charge < -0.3 is 14.8 Å². The first-order chi connectivity index (χ1) is 14.1. The van der Waals surface area contributed by atoms with E-state index in [-0.39, 0.29) is 11.3 Å². The van der Waals surface area contributed by atoms with E-state index in [4.69, 9.17) is 5.11 Å². The van der Waals surface area contributed by atoms with Crippen LogP contribution >= 0.6 is 0 Å². The Morgan fingerprint density at radius 3 is 2.14 bits per heavy atom. The smallest absolute Gasteiger partial charge is 0.339 e. The monoisotopic (exact) mass is 380 g/mol. The van der Waals surface area contributed by atoms with Gasteiger partial charge in [0.1, 0.15) is 17.4 Å². The molecule has 0 aliphatic rings. The fraction of sp³-hybridized carbons (Fsp3) is 0. The lowest BCUT2D eigenvalue weighted by atomic mass is 10.0. The number of benzene rings is 3. The number of hydrogen-bond donors (Lipinski definition) is 2. The van der Waals surface area contributed by atoms with Crippen molar-refractivity contribution in [1.29, 1.82) is 5.26 Å². The Morgan fingerprint density at radius 2 is 1.52 bits per heavy atom. The fourth-order valence-corrected chi connectivity index (χ4v) is 3.26. The summed E-state index contributed by atoms with van der Waals surface area (Å²) in [7, 11) is 0. The average molecular weight is 380 g/mol. The van der Waals surface area contributed by atoms with Gasteiger partial charge in [0.05, 0.1) is 5.56 Å². The molecule has 0 bridgehead atoms. The summed E-state index contributed by atoms with van der Waals surface area (Å²) in [6.07, 6.45) is 3.46. The molecule has 5 heteroatoms. The van der Waals surface area contributed by atoms with E-state index >= 15 is 0 Å². The minimum absolute atomic E-state index is 0.168. The third-order valence-electron chi connectivity index (χ3n) is 4.76. The molecule has 1 heterocycles. The maximum absolute atomic E-state index is 11.1. The molecular weight excluding hydrogens is 364 g/mol. The first-order valence-corrected chi connectivity index (χ1v) is 8.91. The van der Waals surface area contributed by atoms with E-state index in [0.717, 1.165) is 22.3 Å². The molecule has 0 atom stereocenters. The van der Waals surface area contributed by atoms with Crippen molar-refractivity contribution >= 4 is 5.97 Å². The van der Waals surface area contributed by atoms with Crippen LogP contribution in [0.2, 0.25) is 0 Å². The quantitative estimate of drug-likeness (QED) is 0.516. The normalized spacial score (nSPS) is 10.4. The minimum atomic E-state index is -1.20. The molecule has 140 valence electrons. The Hall–Kier alpha value is -4.30. The Balaban J connectivity index is 1.71. The second kappa shape index (κ2) is 7.37. The summed E-state index contributed by atoms with van der Waals surface area (Å²) in [5, 5.41) is 28.6. The standard InChI is InChI=1S/C24H16N2O3/c25-13-19-14-26(20-10-11-21(24(28)29)23(27)12-20)15-22(19)18-8-6-17(7-9-18)16-4-2-1-3-5-16/h1-12,14-15,27H,(H,28,29). The molecule has 0 saturated carbocycles. The summed E-state index contributed by atoms with van der Waals surface area (Å²) in [6, 6.07) is 24.5. The molecule has 4 rings (SSSR count). The van der Waals surface area contributed by atoms with Gasteiger partial charge in [0.2, 0.25) is 0 Å². The van der Waals surface area contributed by atoms with Crippen molar-refractivity contribution in [2.75, 3.05) is 0 Å². The molecule has 4 aromatic rings. The van der Waals surface area contributed by atoms with E-state index in [1.54, 1.807) is 23.0 Å². The molecule has 1 aromatic heterocycles. The van der Waals surface area contributed by atoms with Crippen molar-refractivity contribution < 1.29 is 15.0 Å². The molecule has 0 aliphatic carbocycles. The van der Waals surface area contributed by atoms with Crippen LogP contribution < -0.4 is 0 Å². The number of carbonyl (C=O) groups is 1. The van der Waals surface area contributed by atoms with Crippen molar-refractivity contribution in [3.8, 4) is 39.8 Å². The SMILES string of the molecule is N#Cc1cn(-c2ccc(C(=O)O)c(O)c2)cc1-c1ccc(-c2ccccc2)cc1. The first-order valence-electron chi connectivity index (χ1n) is 8.91. The lowest BCUT2D eigenvalue weighted by molar-refractivity contribution is 0.0693. The first kappa shape index (κ1) is 18.1. The van der Waals surface area contributed by atoms with Crippen LogP contribution in [0.3, 0.4) is 0 Å². The van der Waals surface area contributed by atoms with Crippen LogP contribution in [0.5, 0.6) is 5.75 Å². The van der Waals surface area contributed by atoms with E-state index in [2.05, 4.69) is 6.07 Å². The fourth-order valence-electron chi connectivity index (χ4n) is 3.26. The summed E-state index contributed by atoms with van der Waals surface area (Å²) in [6.45, 7) is 0. The summed E-state index contributed by atoms with van der Waals surface area (Å²) < 4.78 is 1.70. The lowest BCUT2D eigenvalue weighted by Gasteiger charge is -2.06. The number of aromatic nitrogens is 1. The number of rotatable bonds is 4. The summed E-state index contributed by atoms with van der Waals surface area (Å²) in [4.78, 5) is 11.1. The number of phenols is 1. The summed E-state index contributed by atoms with van der Waals surface area (Å²) in [5.41, 5.74) is 4.74. The van der Waals surface area contributed by atoms with E-state index in [1.165, 1.54) is 12.1 Å². The maximum atomic E-state index is 11.1. The lowest BCUT2D eigenvalue weighted by Crippen LogP contribution is -1.98. The molecule has 5 nitrogen and oxygen atoms in total. The highest BCUT2D eigenvalue weighted by molar-refractivity contribution is 5.91. The van der Waals surface area contributed by atoms with Crippen molar-refractivity contribution in [3.63, 3.8) is 0 Å². The van der Waals surface area contributed by atoms with Crippen LogP contribution in [0, 0.1) is 11.3 Å². The second-order valence-electron chi connectivity index (χ2n) is 6.55. The van der Waals surface area contributed by atoms with Gasteiger partial charge in [-0.25, -0.2) is 4.79 Å². The van der Waals surface area contributed by atoms with E-state index < -0.39 is 5.97 Å². The van der Waals surface area contributed by atoms with E-state index in [0.29, 0.717) is 11.3 Å². The minimum Gasteiger partial charge on any atom is -0.507 e. The van der Waals surface area contributed by atoms with E-state index in [9.17, 15) is 15.2 Å². The van der Waals surface area contributed by atoms with E-state index in [1.807, 2.05) is 54.6 Å². The Morgan fingerprint density at radius 1 is 0.862 bits per heavy atom. The molecule has 0 spiro atoms. The zero-order chi connectivity index (χ0) is 20.4. The van der Waals surface area contributed by atoms with Crippen molar-refractivity contribution in [2.45, 2.75) is 0 Å². The molecule has 0 aliphatic heterocycles. The number of hydrogen-bond acceptors (Lipinski definition) is 3. The van der Waals surface area contributed by atoms with Crippen LogP contribution in [0.1, 0.15) is 15.9 Å². The molecule has 29 heavy (non-hydrogen) atoms. The zero-order valence-electron chi connectivity index (χ0n) is 15.3. The Labute approximate surface area is 167 Å². The van der Waals surface area contributed by atoms with Gasteiger partial charge in [0.25, 0.3) is 0 Å². The van der Waals surface area contributed by atoms with Gasteiger partial charge in [-0.3, -0.25) is 0 Å². The van der Waals surface area contributed by atoms with Crippen molar-refractivity contribution in [2.24, 2.45) is 0 Å². The number of nitrogens with zero attached hydrogens (tertiary/aromatic N) is 2. The number of carboxylic acid groups (broad SMARTS) is 1. The highest BCUT2D eigenvalue weighted by atomic mass is 16.4. The zero-order valence-corrected chi connectivity index (χ0v) is 15.3. The topological polar surface area (TPSA) is 86.2 Å². The predicted molar refractivity (Wildman–Crippen MR) is 110 cm³/mol. The largest absolute Gasteiger partial charge is 0.507 e. The highest BCUT2D eigenvalue weighted by Gasteiger charge is 2.13. The highest BCUT2D eigenvalue weighted by Crippen LogP contribution is 2.30. The molecule has 0 saturated heterocycles. The van der Waals surface area contributed by atoms with Gasteiger partial charge in [0, 0.05) is 29.7 Å². The van der Waals surface area contributed by atoms with Gasteiger partial charge in [-0.05, 0) is 28.8 Å². The number of carboxylic acids is 1. The van der Waals surface area contributed by atoms with Gasteiger partial charge >= 0.3 is 5.97 Å². The predicted octanol–water partition coefficient (Wildman–Crippen LogP) is 5.09. The Bertz CT molecular complexity index is 1230. The summed E-state index contributed by atoms with van der Waals surface area (Å²) in [5.74, 6) is -1.52. The molecule has 0 unspecified atom stereocenters. The molecule has 0 radical (unpaired) electrons. The van der Waals surface area contributed by atoms with Gasteiger partial charge in [-0.1, -0.05) is 54.6 Å². The summed E-state index contributed by atoms with van der Waals surface area (Å²) >= 11 is 0. The maximum Gasteiger partial charge on any atom is 0.339 e. The Kier molecular flexibility index (Phi) is 4.60.